The van der Waals surface area contributed by atoms with E-state index in [1.165, 1.54) is 0 Å². The van der Waals surface area contributed by atoms with Gasteiger partial charge in [-0.05, 0) is 18.4 Å². The topological polar surface area (TPSA) is 77.1 Å². The van der Waals surface area contributed by atoms with Gasteiger partial charge < -0.3 is 9.42 Å². The van der Waals surface area contributed by atoms with Crippen LogP contribution in [0.15, 0.2) is 16.9 Å². The zero-order valence-corrected chi connectivity index (χ0v) is 14.6. The second-order valence-corrected chi connectivity index (χ2v) is 6.80. The summed E-state index contributed by atoms with van der Waals surface area (Å²) in [6, 6.07) is -0.0899. The smallest absolute Gasteiger partial charge is 0.229 e. The van der Waals surface area contributed by atoms with Gasteiger partial charge in [-0.25, -0.2) is 0 Å². The van der Waals surface area contributed by atoms with Crippen molar-refractivity contribution in [3.05, 3.63) is 29.7 Å². The first kappa shape index (κ1) is 16.7. The summed E-state index contributed by atoms with van der Waals surface area (Å²) in [6.45, 7) is 4.79. The maximum absolute atomic E-state index is 12.9. The van der Waals surface area contributed by atoms with E-state index >= 15 is 0 Å². The van der Waals surface area contributed by atoms with E-state index in [2.05, 4.69) is 15.2 Å². The average Bonchev–Trinajstić information content (AvgIpc) is 3.10. The first-order valence-electron chi connectivity index (χ1n) is 8.65. The number of rotatable bonds is 4. The number of hydrogen-bond acceptors (Lipinski definition) is 5. The summed E-state index contributed by atoms with van der Waals surface area (Å²) in [7, 11) is 1.86. The van der Waals surface area contributed by atoms with Gasteiger partial charge in [0.05, 0.1) is 18.7 Å². The number of amides is 1. The highest BCUT2D eigenvalue weighted by atomic mass is 16.5. The molecule has 0 bridgehead atoms. The fourth-order valence-corrected chi connectivity index (χ4v) is 3.13. The van der Waals surface area contributed by atoms with E-state index in [-0.39, 0.29) is 17.9 Å². The zero-order valence-electron chi connectivity index (χ0n) is 14.6. The Balaban J connectivity index is 1.79. The molecule has 2 aromatic heterocycles. The van der Waals surface area contributed by atoms with E-state index in [0.717, 1.165) is 37.8 Å². The summed E-state index contributed by atoms with van der Waals surface area (Å²) in [6.07, 6.45) is 8.10. The molecule has 1 saturated heterocycles. The van der Waals surface area contributed by atoms with Gasteiger partial charge in [-0.15, -0.1) is 0 Å². The predicted octanol–water partition coefficient (Wildman–Crippen LogP) is 2.61. The van der Waals surface area contributed by atoms with Gasteiger partial charge in [0.2, 0.25) is 11.8 Å². The van der Waals surface area contributed by atoms with Gasteiger partial charge in [-0.1, -0.05) is 31.8 Å². The quantitative estimate of drug-likeness (QED) is 0.860. The Hall–Kier alpha value is -2.18. The van der Waals surface area contributed by atoms with Crippen molar-refractivity contribution < 1.29 is 9.32 Å². The number of carbonyl (C=O) groups is 1. The van der Waals surface area contributed by atoms with Crippen LogP contribution >= 0.6 is 0 Å². The Kier molecular flexibility index (Phi) is 4.97. The molecule has 0 saturated carbocycles. The lowest BCUT2D eigenvalue weighted by molar-refractivity contribution is -0.133. The van der Waals surface area contributed by atoms with Gasteiger partial charge in [0, 0.05) is 25.7 Å². The standard InChI is InChI=1S/C17H25N5O2/c1-12(2)17-19-16(20-24-17)14-7-5-4-6-8-22(14)15(23)9-13-10-18-21(3)11-13/h10-12,14H,4-9H2,1-3H3. The van der Waals surface area contributed by atoms with Crippen molar-refractivity contribution >= 4 is 5.91 Å². The van der Waals surface area contributed by atoms with E-state index in [4.69, 9.17) is 4.52 Å². The first-order valence-corrected chi connectivity index (χ1v) is 8.65. The van der Waals surface area contributed by atoms with Crippen LogP contribution in [0, 0.1) is 0 Å². The third kappa shape index (κ3) is 3.66. The molecule has 3 heterocycles. The molecular formula is C17H25N5O2. The largest absolute Gasteiger partial charge is 0.339 e. The summed E-state index contributed by atoms with van der Waals surface area (Å²) >= 11 is 0. The summed E-state index contributed by atoms with van der Waals surface area (Å²) in [5, 5.41) is 8.29. The van der Waals surface area contributed by atoms with E-state index in [9.17, 15) is 4.79 Å². The molecule has 7 nitrogen and oxygen atoms in total. The summed E-state index contributed by atoms with van der Waals surface area (Å²) in [5.41, 5.74) is 0.932. The number of hydrogen-bond donors (Lipinski definition) is 0. The fraction of sp³-hybridized carbons (Fsp3) is 0.647. The molecule has 1 amide bonds. The third-order valence-corrected chi connectivity index (χ3v) is 4.44. The van der Waals surface area contributed by atoms with E-state index in [0.29, 0.717) is 18.1 Å². The number of aryl methyl sites for hydroxylation is 1. The molecule has 1 unspecified atom stereocenters. The van der Waals surface area contributed by atoms with Crippen molar-refractivity contribution in [3.8, 4) is 0 Å². The SMILES string of the molecule is CC(C)c1nc(C2CCCCCN2C(=O)Cc2cnn(C)c2)no1. The molecule has 130 valence electrons. The lowest BCUT2D eigenvalue weighted by Gasteiger charge is -2.27. The minimum absolute atomic E-state index is 0.0899. The molecule has 1 aliphatic rings. The van der Waals surface area contributed by atoms with E-state index < -0.39 is 0 Å². The normalized spacial score (nSPS) is 18.8. The molecule has 0 aliphatic carbocycles. The van der Waals surface area contributed by atoms with Crippen molar-refractivity contribution in [2.24, 2.45) is 7.05 Å². The van der Waals surface area contributed by atoms with Crippen LogP contribution in [-0.2, 0) is 18.3 Å². The highest BCUT2D eigenvalue weighted by Crippen LogP contribution is 2.29. The zero-order chi connectivity index (χ0) is 17.1. The van der Waals surface area contributed by atoms with Crippen LogP contribution in [0.5, 0.6) is 0 Å². The summed E-state index contributed by atoms with van der Waals surface area (Å²) in [5.74, 6) is 1.57. The molecule has 24 heavy (non-hydrogen) atoms. The molecule has 0 radical (unpaired) electrons. The van der Waals surface area contributed by atoms with Gasteiger partial charge in [-0.2, -0.15) is 10.1 Å². The molecule has 0 aromatic carbocycles. The van der Waals surface area contributed by atoms with Crippen molar-refractivity contribution in [2.45, 2.75) is 57.9 Å². The second kappa shape index (κ2) is 7.15. The highest BCUT2D eigenvalue weighted by molar-refractivity contribution is 5.79. The minimum Gasteiger partial charge on any atom is -0.339 e. The van der Waals surface area contributed by atoms with Crippen molar-refractivity contribution in [1.82, 2.24) is 24.8 Å². The molecular weight excluding hydrogens is 306 g/mol. The Morgan fingerprint density at radius 2 is 2.21 bits per heavy atom. The van der Waals surface area contributed by atoms with Gasteiger partial charge in [0.1, 0.15) is 0 Å². The Bertz CT molecular complexity index is 691. The average molecular weight is 331 g/mol. The van der Waals surface area contributed by atoms with Gasteiger partial charge in [0.25, 0.3) is 0 Å². The second-order valence-electron chi connectivity index (χ2n) is 6.80. The van der Waals surface area contributed by atoms with Gasteiger partial charge in [0.15, 0.2) is 5.82 Å². The van der Waals surface area contributed by atoms with Crippen LogP contribution < -0.4 is 0 Å². The van der Waals surface area contributed by atoms with Crippen molar-refractivity contribution in [2.75, 3.05) is 6.54 Å². The molecule has 7 heteroatoms. The molecule has 1 fully saturated rings. The fourth-order valence-electron chi connectivity index (χ4n) is 3.13. The first-order chi connectivity index (χ1) is 11.5. The molecule has 0 spiro atoms. The van der Waals surface area contributed by atoms with Crippen LogP contribution in [0.1, 0.15) is 68.8 Å². The Morgan fingerprint density at radius 3 is 2.88 bits per heavy atom. The molecule has 1 aliphatic heterocycles. The number of nitrogens with zero attached hydrogens (tertiary/aromatic N) is 5. The van der Waals surface area contributed by atoms with Crippen LogP contribution in [0.3, 0.4) is 0 Å². The van der Waals surface area contributed by atoms with Crippen LogP contribution in [0.2, 0.25) is 0 Å². The summed E-state index contributed by atoms with van der Waals surface area (Å²) in [4.78, 5) is 19.3. The number of aromatic nitrogens is 4. The Morgan fingerprint density at radius 1 is 1.38 bits per heavy atom. The van der Waals surface area contributed by atoms with Crippen LogP contribution in [0.4, 0.5) is 0 Å². The maximum atomic E-state index is 12.9. The monoisotopic (exact) mass is 331 g/mol. The number of carbonyl (C=O) groups excluding carboxylic acids is 1. The third-order valence-electron chi connectivity index (χ3n) is 4.44. The lowest BCUT2D eigenvalue weighted by Crippen LogP contribution is -2.36. The predicted molar refractivity (Wildman–Crippen MR) is 88.2 cm³/mol. The van der Waals surface area contributed by atoms with Gasteiger partial charge in [-0.3, -0.25) is 9.48 Å². The number of likely N-dealkylation sites (tertiary alicyclic amines) is 1. The van der Waals surface area contributed by atoms with Crippen LogP contribution in [0.25, 0.3) is 0 Å². The van der Waals surface area contributed by atoms with Crippen molar-refractivity contribution in [1.29, 1.82) is 0 Å². The molecule has 0 N–H and O–H groups in total. The Labute approximate surface area is 142 Å². The molecule has 2 aromatic rings. The van der Waals surface area contributed by atoms with Gasteiger partial charge >= 0.3 is 0 Å². The maximum Gasteiger partial charge on any atom is 0.229 e. The van der Waals surface area contributed by atoms with Crippen molar-refractivity contribution in [3.63, 3.8) is 0 Å². The lowest BCUT2D eigenvalue weighted by atomic mass is 10.1. The summed E-state index contributed by atoms with van der Waals surface area (Å²) < 4.78 is 7.08. The molecule has 3 rings (SSSR count). The van der Waals surface area contributed by atoms with Crippen LogP contribution in [-0.4, -0.2) is 37.3 Å². The highest BCUT2D eigenvalue weighted by Gasteiger charge is 2.30. The minimum atomic E-state index is -0.0899. The molecule has 1 atom stereocenters. The van der Waals surface area contributed by atoms with E-state index in [1.807, 2.05) is 32.0 Å². The van der Waals surface area contributed by atoms with E-state index in [1.54, 1.807) is 10.9 Å².